The van der Waals surface area contributed by atoms with E-state index in [0.29, 0.717) is 16.4 Å². The minimum absolute atomic E-state index is 0.144. The largest absolute Gasteiger partial charge is 0.399 e. The number of hydrogen-bond acceptors (Lipinski definition) is 4. The first-order chi connectivity index (χ1) is 11.0. The van der Waals surface area contributed by atoms with E-state index in [9.17, 15) is 9.59 Å². The van der Waals surface area contributed by atoms with Gasteiger partial charge < -0.3 is 5.73 Å². The number of imide groups is 1. The number of rotatable bonds is 3. The van der Waals surface area contributed by atoms with Crippen LogP contribution in [0.25, 0.3) is 0 Å². The fourth-order valence-electron chi connectivity index (χ4n) is 2.36. The number of hydrogen-bond donors (Lipinski definition) is 1. The Labute approximate surface area is 151 Å². The summed E-state index contributed by atoms with van der Waals surface area (Å²) in [5.74, 6) is -0.507. The fraction of sp³-hybridized carbons (Fsp3) is 0.125. The molecule has 1 heterocycles. The molecule has 118 valence electrons. The molecule has 23 heavy (non-hydrogen) atoms. The van der Waals surface area contributed by atoms with E-state index in [-0.39, 0.29) is 18.2 Å². The molecule has 1 saturated heterocycles. The maximum atomic E-state index is 12.6. The maximum Gasteiger partial charge on any atom is 0.247 e. The predicted molar refractivity (Wildman–Crippen MR) is 96.8 cm³/mol. The zero-order valence-electron chi connectivity index (χ0n) is 11.8. The third-order valence-corrected chi connectivity index (χ3v) is 5.37. The molecule has 0 spiro atoms. The summed E-state index contributed by atoms with van der Waals surface area (Å²) >= 11 is 10.8. The van der Waals surface area contributed by atoms with Crippen molar-refractivity contribution in [1.82, 2.24) is 0 Å². The first kappa shape index (κ1) is 16.4. The van der Waals surface area contributed by atoms with Crippen LogP contribution in [0.3, 0.4) is 0 Å². The second-order valence-electron chi connectivity index (χ2n) is 5.05. The van der Waals surface area contributed by atoms with E-state index in [2.05, 4.69) is 15.9 Å². The fourth-order valence-corrected chi connectivity index (χ4v) is 4.24. The van der Waals surface area contributed by atoms with Gasteiger partial charge in [0.25, 0.3) is 0 Å². The van der Waals surface area contributed by atoms with E-state index in [0.717, 1.165) is 9.37 Å². The van der Waals surface area contributed by atoms with Crippen LogP contribution in [0.2, 0.25) is 5.02 Å². The molecule has 2 aromatic carbocycles. The Morgan fingerprint density at radius 2 is 2.00 bits per heavy atom. The molecule has 0 aromatic heterocycles. The second kappa shape index (κ2) is 6.55. The summed E-state index contributed by atoms with van der Waals surface area (Å²) in [6, 6.07) is 12.3. The van der Waals surface area contributed by atoms with Gasteiger partial charge in [0.15, 0.2) is 0 Å². The molecule has 4 nitrogen and oxygen atoms in total. The van der Waals surface area contributed by atoms with Crippen molar-refractivity contribution >= 4 is 62.5 Å². The first-order valence-corrected chi connectivity index (χ1v) is 8.85. The van der Waals surface area contributed by atoms with Crippen LogP contribution < -0.4 is 10.6 Å². The number of carbonyl (C=O) groups is 2. The van der Waals surface area contributed by atoms with Crippen LogP contribution in [0, 0.1) is 0 Å². The molecule has 2 aromatic rings. The van der Waals surface area contributed by atoms with Crippen molar-refractivity contribution < 1.29 is 9.59 Å². The van der Waals surface area contributed by atoms with E-state index in [1.165, 1.54) is 16.7 Å². The van der Waals surface area contributed by atoms with Crippen LogP contribution >= 0.6 is 39.3 Å². The van der Waals surface area contributed by atoms with Gasteiger partial charge in [-0.25, -0.2) is 4.90 Å². The Hall–Kier alpha value is -1.50. The molecular weight excluding hydrogens is 400 g/mol. The van der Waals surface area contributed by atoms with Crippen LogP contribution in [0.1, 0.15) is 6.42 Å². The summed E-state index contributed by atoms with van der Waals surface area (Å²) in [6.45, 7) is 0. The van der Waals surface area contributed by atoms with Crippen LogP contribution in [0.15, 0.2) is 51.8 Å². The van der Waals surface area contributed by atoms with Crippen molar-refractivity contribution in [2.24, 2.45) is 0 Å². The summed E-state index contributed by atoms with van der Waals surface area (Å²) in [7, 11) is 0. The number of nitrogens with two attached hydrogens (primary N) is 1. The van der Waals surface area contributed by atoms with E-state index in [4.69, 9.17) is 17.3 Å². The van der Waals surface area contributed by atoms with Crippen LogP contribution in [0.5, 0.6) is 0 Å². The molecule has 2 N–H and O–H groups in total. The van der Waals surface area contributed by atoms with Gasteiger partial charge in [0.1, 0.15) is 0 Å². The highest BCUT2D eigenvalue weighted by molar-refractivity contribution is 9.10. The summed E-state index contributed by atoms with van der Waals surface area (Å²) in [5, 5.41) is -0.111. The van der Waals surface area contributed by atoms with Crippen LogP contribution in [-0.2, 0) is 9.59 Å². The van der Waals surface area contributed by atoms with Gasteiger partial charge in [-0.2, -0.15) is 0 Å². The molecule has 0 bridgehead atoms. The predicted octanol–water partition coefficient (Wildman–Crippen LogP) is 4.11. The number of benzene rings is 2. The second-order valence-corrected chi connectivity index (χ2v) is 7.65. The number of thioether (sulfide) groups is 1. The molecule has 1 atom stereocenters. The average molecular weight is 412 g/mol. The topological polar surface area (TPSA) is 63.4 Å². The lowest BCUT2D eigenvalue weighted by Gasteiger charge is -2.16. The molecule has 1 fully saturated rings. The monoisotopic (exact) mass is 410 g/mol. The molecule has 0 aliphatic carbocycles. The SMILES string of the molecule is Nc1cccc(SC2CC(=O)N(c3ccc(Br)cc3Cl)C2=O)c1. The highest BCUT2D eigenvalue weighted by Crippen LogP contribution is 2.37. The summed E-state index contributed by atoms with van der Waals surface area (Å²) in [4.78, 5) is 26.9. The Morgan fingerprint density at radius 3 is 2.70 bits per heavy atom. The van der Waals surface area contributed by atoms with Gasteiger partial charge in [-0.3, -0.25) is 9.59 Å². The van der Waals surface area contributed by atoms with E-state index in [1.807, 2.05) is 12.1 Å². The summed E-state index contributed by atoms with van der Waals surface area (Å²) < 4.78 is 0.788. The third kappa shape index (κ3) is 3.39. The minimum Gasteiger partial charge on any atom is -0.399 e. The van der Waals surface area contributed by atoms with Crippen molar-refractivity contribution in [1.29, 1.82) is 0 Å². The zero-order valence-corrected chi connectivity index (χ0v) is 15.0. The highest BCUT2D eigenvalue weighted by atomic mass is 79.9. The highest BCUT2D eigenvalue weighted by Gasteiger charge is 2.40. The van der Waals surface area contributed by atoms with Crippen LogP contribution in [-0.4, -0.2) is 17.1 Å². The molecule has 1 aliphatic rings. The zero-order chi connectivity index (χ0) is 16.6. The van der Waals surface area contributed by atoms with Gasteiger partial charge in [-0.05, 0) is 36.4 Å². The lowest BCUT2D eigenvalue weighted by Crippen LogP contribution is -2.31. The average Bonchev–Trinajstić information content (AvgIpc) is 2.74. The molecular formula is C16H12BrClN2O2S. The van der Waals surface area contributed by atoms with Gasteiger partial charge in [0.2, 0.25) is 11.8 Å². The molecule has 1 unspecified atom stereocenters. The minimum atomic E-state index is -0.469. The number of anilines is 2. The molecule has 1 aliphatic heterocycles. The lowest BCUT2D eigenvalue weighted by atomic mass is 10.3. The molecule has 0 saturated carbocycles. The van der Waals surface area contributed by atoms with Gasteiger partial charge in [0, 0.05) is 21.5 Å². The smallest absolute Gasteiger partial charge is 0.247 e. The van der Waals surface area contributed by atoms with Crippen molar-refractivity contribution in [2.45, 2.75) is 16.6 Å². The first-order valence-electron chi connectivity index (χ1n) is 6.80. The van der Waals surface area contributed by atoms with Crippen molar-refractivity contribution in [3.63, 3.8) is 0 Å². The normalized spacial score (nSPS) is 17.8. The number of nitrogens with zero attached hydrogens (tertiary/aromatic N) is 1. The lowest BCUT2D eigenvalue weighted by molar-refractivity contribution is -0.121. The van der Waals surface area contributed by atoms with Crippen molar-refractivity contribution in [3.05, 3.63) is 52.0 Å². The van der Waals surface area contributed by atoms with Gasteiger partial charge >= 0.3 is 0 Å². The molecule has 0 radical (unpaired) electrons. The Morgan fingerprint density at radius 1 is 1.22 bits per heavy atom. The number of halogens is 2. The van der Waals surface area contributed by atoms with E-state index < -0.39 is 5.25 Å². The number of nitrogen functional groups attached to an aromatic ring is 1. The molecule has 2 amide bonds. The third-order valence-electron chi connectivity index (χ3n) is 3.39. The van der Waals surface area contributed by atoms with Crippen molar-refractivity contribution in [3.8, 4) is 0 Å². The standard InChI is InChI=1S/C16H12BrClN2O2S/c17-9-4-5-13(12(18)6-9)20-15(21)8-14(16(20)22)23-11-3-1-2-10(19)7-11/h1-7,14H,8,19H2. The molecule has 3 rings (SSSR count). The van der Waals surface area contributed by atoms with Gasteiger partial charge in [-0.1, -0.05) is 33.6 Å². The summed E-state index contributed by atoms with van der Waals surface area (Å²) in [6.07, 6.45) is 0.144. The van der Waals surface area contributed by atoms with Crippen molar-refractivity contribution in [2.75, 3.05) is 10.6 Å². The Balaban J connectivity index is 1.85. The Bertz CT molecular complexity index is 799. The van der Waals surface area contributed by atoms with Crippen LogP contribution in [0.4, 0.5) is 11.4 Å². The maximum absolute atomic E-state index is 12.6. The number of carbonyl (C=O) groups excluding carboxylic acids is 2. The van der Waals surface area contributed by atoms with E-state index in [1.54, 1.807) is 30.3 Å². The van der Waals surface area contributed by atoms with E-state index >= 15 is 0 Å². The van der Waals surface area contributed by atoms with Gasteiger partial charge in [-0.15, -0.1) is 11.8 Å². The Kier molecular flexibility index (Phi) is 4.66. The summed E-state index contributed by atoms with van der Waals surface area (Å²) in [5.41, 5.74) is 6.79. The number of amides is 2. The molecule has 7 heteroatoms. The quantitative estimate of drug-likeness (QED) is 0.610. The van der Waals surface area contributed by atoms with Gasteiger partial charge in [0.05, 0.1) is 16.0 Å².